The Hall–Kier alpha value is -1.08. The molecule has 1 unspecified atom stereocenters. The lowest BCUT2D eigenvalue weighted by atomic mass is 9.97. The fourth-order valence-electron chi connectivity index (χ4n) is 1.46. The first kappa shape index (κ1) is 11.0. The molecule has 0 aromatic heterocycles. The molecule has 1 aromatic rings. The maximum absolute atomic E-state index is 6.08. The Morgan fingerprint density at radius 1 is 1.36 bits per heavy atom. The molecule has 76 valence electrons. The molecule has 0 bridgehead atoms. The second-order valence-electron chi connectivity index (χ2n) is 3.65. The Kier molecular flexibility index (Phi) is 4.41. The van der Waals surface area contributed by atoms with Crippen LogP contribution in [0.25, 0.3) is 0 Å². The van der Waals surface area contributed by atoms with E-state index in [0.717, 1.165) is 17.6 Å². The molecule has 0 aliphatic rings. The van der Waals surface area contributed by atoms with Gasteiger partial charge in [0.05, 0.1) is 6.04 Å². The van der Waals surface area contributed by atoms with Gasteiger partial charge in [0.25, 0.3) is 0 Å². The van der Waals surface area contributed by atoms with Crippen molar-refractivity contribution in [2.45, 2.75) is 32.2 Å². The van der Waals surface area contributed by atoms with Crippen molar-refractivity contribution in [2.75, 3.05) is 0 Å². The van der Waals surface area contributed by atoms with Gasteiger partial charge in [0.2, 0.25) is 0 Å². The van der Waals surface area contributed by atoms with E-state index in [4.69, 9.17) is 5.73 Å². The summed E-state index contributed by atoms with van der Waals surface area (Å²) in [5, 5.41) is 0. The quantitative estimate of drug-likeness (QED) is 0.705. The third-order valence-corrected chi connectivity index (χ3v) is 2.45. The van der Waals surface area contributed by atoms with Crippen LogP contribution in [0, 0.1) is 0 Å². The summed E-state index contributed by atoms with van der Waals surface area (Å²) < 4.78 is 0. The molecule has 14 heavy (non-hydrogen) atoms. The lowest BCUT2D eigenvalue weighted by Crippen LogP contribution is -2.12. The molecule has 0 aliphatic heterocycles. The number of nitrogens with two attached hydrogens (primary N) is 1. The highest BCUT2D eigenvalue weighted by Crippen LogP contribution is 2.21. The molecule has 0 saturated heterocycles. The highest BCUT2D eigenvalue weighted by molar-refractivity contribution is 5.25. The predicted molar refractivity (Wildman–Crippen MR) is 62.0 cm³/mol. The zero-order valence-corrected chi connectivity index (χ0v) is 8.87. The van der Waals surface area contributed by atoms with Crippen LogP contribution in [-0.2, 0) is 0 Å². The van der Waals surface area contributed by atoms with Gasteiger partial charge in [0.15, 0.2) is 0 Å². The topological polar surface area (TPSA) is 26.0 Å². The van der Waals surface area contributed by atoms with Crippen LogP contribution < -0.4 is 5.73 Å². The lowest BCUT2D eigenvalue weighted by Gasteiger charge is -2.14. The van der Waals surface area contributed by atoms with Crippen LogP contribution in [0.2, 0.25) is 0 Å². The van der Waals surface area contributed by atoms with Crippen LogP contribution in [0.4, 0.5) is 0 Å². The molecule has 1 rings (SSSR count). The maximum Gasteiger partial charge on any atom is 0.0508 e. The van der Waals surface area contributed by atoms with Crippen LogP contribution in [0.3, 0.4) is 0 Å². The fourth-order valence-corrected chi connectivity index (χ4v) is 1.46. The minimum Gasteiger partial charge on any atom is -0.321 e. The lowest BCUT2D eigenvalue weighted by molar-refractivity contribution is 0.717. The van der Waals surface area contributed by atoms with Crippen molar-refractivity contribution < 1.29 is 0 Å². The van der Waals surface area contributed by atoms with Crippen molar-refractivity contribution in [1.82, 2.24) is 0 Å². The molecule has 0 fully saturated rings. The van der Waals surface area contributed by atoms with Crippen LogP contribution in [0.15, 0.2) is 42.5 Å². The van der Waals surface area contributed by atoms with E-state index in [2.05, 4.69) is 25.6 Å². The van der Waals surface area contributed by atoms with Gasteiger partial charge in [-0.2, -0.15) is 0 Å². The van der Waals surface area contributed by atoms with E-state index in [1.165, 1.54) is 12.8 Å². The van der Waals surface area contributed by atoms with Crippen LogP contribution in [0.5, 0.6) is 0 Å². The first-order valence-electron chi connectivity index (χ1n) is 5.24. The summed E-state index contributed by atoms with van der Waals surface area (Å²) in [6.07, 6.45) is 3.41. The zero-order valence-electron chi connectivity index (χ0n) is 8.87. The van der Waals surface area contributed by atoms with E-state index < -0.39 is 0 Å². The van der Waals surface area contributed by atoms with Gasteiger partial charge in [0.1, 0.15) is 0 Å². The molecule has 0 saturated carbocycles. The first-order chi connectivity index (χ1) is 6.75. The molecule has 1 heteroatoms. The summed E-state index contributed by atoms with van der Waals surface area (Å²) in [4.78, 5) is 0. The van der Waals surface area contributed by atoms with Crippen molar-refractivity contribution in [2.24, 2.45) is 5.73 Å². The SMILES string of the molecule is C=C(CCCC)C(N)c1ccccc1. The average Bonchev–Trinajstić information content (AvgIpc) is 2.26. The summed E-state index contributed by atoms with van der Waals surface area (Å²) >= 11 is 0. The van der Waals surface area contributed by atoms with E-state index in [-0.39, 0.29) is 6.04 Å². The largest absolute Gasteiger partial charge is 0.321 e. The van der Waals surface area contributed by atoms with Gasteiger partial charge in [-0.05, 0) is 18.4 Å². The van der Waals surface area contributed by atoms with Crippen molar-refractivity contribution >= 4 is 0 Å². The Morgan fingerprint density at radius 3 is 2.57 bits per heavy atom. The molecule has 1 atom stereocenters. The van der Waals surface area contributed by atoms with E-state index in [0.29, 0.717) is 0 Å². The Balaban J connectivity index is 2.57. The fraction of sp³-hybridized carbons (Fsp3) is 0.385. The molecule has 0 spiro atoms. The third kappa shape index (κ3) is 3.00. The summed E-state index contributed by atoms with van der Waals surface area (Å²) in [7, 11) is 0. The number of hydrogen-bond donors (Lipinski definition) is 1. The molecule has 0 aliphatic carbocycles. The van der Waals surface area contributed by atoms with Crippen LogP contribution >= 0.6 is 0 Å². The summed E-state index contributed by atoms with van der Waals surface area (Å²) in [6, 6.07) is 10.2. The first-order valence-corrected chi connectivity index (χ1v) is 5.24. The highest BCUT2D eigenvalue weighted by atomic mass is 14.6. The molecular formula is C13H19N. The third-order valence-electron chi connectivity index (χ3n) is 2.45. The van der Waals surface area contributed by atoms with E-state index in [1.54, 1.807) is 0 Å². The maximum atomic E-state index is 6.08. The summed E-state index contributed by atoms with van der Waals surface area (Å²) in [5.74, 6) is 0. The van der Waals surface area contributed by atoms with Gasteiger partial charge in [-0.1, -0.05) is 55.8 Å². The van der Waals surface area contributed by atoms with Gasteiger partial charge in [0, 0.05) is 0 Å². The second kappa shape index (κ2) is 5.61. The number of benzene rings is 1. The smallest absolute Gasteiger partial charge is 0.0508 e. The second-order valence-corrected chi connectivity index (χ2v) is 3.65. The predicted octanol–water partition coefficient (Wildman–Crippen LogP) is 3.43. The number of hydrogen-bond acceptors (Lipinski definition) is 1. The van der Waals surface area contributed by atoms with Crippen molar-refractivity contribution in [1.29, 1.82) is 0 Å². The molecule has 0 radical (unpaired) electrons. The van der Waals surface area contributed by atoms with Gasteiger partial charge < -0.3 is 5.73 Å². The molecule has 0 heterocycles. The molecule has 1 aromatic carbocycles. The monoisotopic (exact) mass is 189 g/mol. The highest BCUT2D eigenvalue weighted by Gasteiger charge is 2.08. The molecule has 2 N–H and O–H groups in total. The average molecular weight is 189 g/mol. The van der Waals surface area contributed by atoms with Crippen molar-refractivity contribution in [3.8, 4) is 0 Å². The van der Waals surface area contributed by atoms with Gasteiger partial charge in [-0.3, -0.25) is 0 Å². The van der Waals surface area contributed by atoms with Crippen LogP contribution in [0.1, 0.15) is 37.8 Å². The molecule has 1 nitrogen and oxygen atoms in total. The number of rotatable bonds is 5. The minimum absolute atomic E-state index is 0.00255. The van der Waals surface area contributed by atoms with Gasteiger partial charge >= 0.3 is 0 Å². The number of unbranched alkanes of at least 4 members (excludes halogenated alkanes) is 1. The summed E-state index contributed by atoms with van der Waals surface area (Å²) in [6.45, 7) is 6.23. The van der Waals surface area contributed by atoms with E-state index in [1.807, 2.05) is 18.2 Å². The van der Waals surface area contributed by atoms with Crippen molar-refractivity contribution in [3.63, 3.8) is 0 Å². The zero-order chi connectivity index (χ0) is 10.4. The molecule has 0 amide bonds. The van der Waals surface area contributed by atoms with E-state index >= 15 is 0 Å². The Labute approximate surface area is 86.6 Å². The molecular weight excluding hydrogens is 170 g/mol. The standard InChI is InChI=1S/C13H19N/c1-3-4-8-11(2)13(14)12-9-6-5-7-10-12/h5-7,9-10,13H,2-4,8,14H2,1H3. The minimum atomic E-state index is 0.00255. The van der Waals surface area contributed by atoms with Crippen LogP contribution in [-0.4, -0.2) is 0 Å². The van der Waals surface area contributed by atoms with E-state index in [9.17, 15) is 0 Å². The van der Waals surface area contributed by atoms with Gasteiger partial charge in [-0.15, -0.1) is 0 Å². The summed E-state index contributed by atoms with van der Waals surface area (Å²) in [5.41, 5.74) is 8.38. The van der Waals surface area contributed by atoms with Crippen molar-refractivity contribution in [3.05, 3.63) is 48.0 Å². The Bertz CT molecular complexity index is 277. The Morgan fingerprint density at radius 2 is 2.00 bits per heavy atom. The normalized spacial score (nSPS) is 12.4. The van der Waals surface area contributed by atoms with Gasteiger partial charge in [-0.25, -0.2) is 0 Å².